The number of benzene rings is 2. The molecule has 3 heterocycles. The first kappa shape index (κ1) is 27.5. The van der Waals surface area contributed by atoms with Crippen LogP contribution in [0.25, 0.3) is 0 Å². The number of anilines is 2. The van der Waals surface area contributed by atoms with Gasteiger partial charge in [0.1, 0.15) is 26.4 Å². The standard InChI is InChI=1S/C16H16Cl6N6O4P4/c17-33(18)25-35(21,23-11-1-3-13-15(9-11)31-7-5-29-13)26-34(19,20)28-36(22,27-33)24-12-2-4-14-16(10-12)32-8-6-30-14/h1-4,9-10,23-24H,5-8H2. The maximum atomic E-state index is 6.78. The highest BCUT2D eigenvalue weighted by molar-refractivity contribution is 8.20. The molecule has 0 saturated carbocycles. The van der Waals surface area contributed by atoms with Gasteiger partial charge in [0.05, 0.1) is 0 Å². The fraction of sp³-hybridized carbons (Fsp3) is 0.250. The third-order valence-corrected chi connectivity index (χ3v) is 20.7. The minimum Gasteiger partial charge on any atom is -0.486 e. The zero-order chi connectivity index (χ0) is 25.6. The van der Waals surface area contributed by atoms with Crippen molar-refractivity contribution in [3.05, 3.63) is 36.4 Å². The quantitative estimate of drug-likeness (QED) is 0.309. The van der Waals surface area contributed by atoms with E-state index in [1.54, 1.807) is 36.4 Å². The van der Waals surface area contributed by atoms with Crippen molar-refractivity contribution in [3.8, 4) is 23.0 Å². The molecule has 3 aliphatic heterocycles. The molecule has 36 heavy (non-hydrogen) atoms. The highest BCUT2D eigenvalue weighted by Gasteiger charge is 2.34. The van der Waals surface area contributed by atoms with Gasteiger partial charge in [0, 0.05) is 23.5 Å². The van der Waals surface area contributed by atoms with Crippen LogP contribution in [0, 0.1) is 0 Å². The van der Waals surface area contributed by atoms with Crippen LogP contribution in [0.15, 0.2) is 54.5 Å². The molecule has 2 aromatic carbocycles. The van der Waals surface area contributed by atoms with Gasteiger partial charge in [-0.25, -0.2) is 0 Å². The molecular formula is C16H16Cl6N6O4P4. The highest BCUT2D eigenvalue weighted by atomic mass is 35.9. The predicted octanol–water partition coefficient (Wildman–Crippen LogP) is 11.0. The molecule has 2 unspecified atom stereocenters. The molecule has 0 amide bonds. The zero-order valence-corrected chi connectivity index (χ0v) is 25.9. The van der Waals surface area contributed by atoms with E-state index >= 15 is 0 Å². The zero-order valence-electron chi connectivity index (χ0n) is 17.8. The molecule has 20 heteroatoms. The summed E-state index contributed by atoms with van der Waals surface area (Å²) in [6.07, 6.45) is 0. The molecule has 2 aromatic rings. The smallest absolute Gasteiger partial charge is 0.261 e. The summed E-state index contributed by atoms with van der Waals surface area (Å²) < 4.78 is 39.8. The van der Waals surface area contributed by atoms with Gasteiger partial charge in [0.2, 0.25) is 0 Å². The third-order valence-electron chi connectivity index (χ3n) is 4.53. The second-order valence-corrected chi connectivity index (χ2v) is 24.0. The number of nitrogens with zero attached hydrogens (tertiary/aromatic N) is 4. The molecular weight excluding hydrogens is 677 g/mol. The van der Waals surface area contributed by atoms with Crippen molar-refractivity contribution in [2.45, 2.75) is 0 Å². The number of ether oxygens (including phenoxy) is 4. The highest BCUT2D eigenvalue weighted by Crippen LogP contribution is 2.85. The van der Waals surface area contributed by atoms with E-state index in [4.69, 9.17) is 86.4 Å². The molecule has 0 aliphatic carbocycles. The first-order valence-electron chi connectivity index (χ1n) is 10.0. The molecule has 0 bridgehead atoms. The second kappa shape index (κ2) is 10.5. The average molecular weight is 693 g/mol. The van der Waals surface area contributed by atoms with E-state index < -0.39 is 25.2 Å². The normalized spacial score (nSPS) is 27.5. The Balaban J connectivity index is 1.51. The summed E-state index contributed by atoms with van der Waals surface area (Å²) in [5.74, 6) is -4.79. The number of nitrogens with one attached hydrogen (secondary N) is 2. The van der Waals surface area contributed by atoms with Crippen LogP contribution in [0.2, 0.25) is 0 Å². The van der Waals surface area contributed by atoms with Crippen LogP contribution in [-0.4, -0.2) is 26.4 Å². The molecule has 0 spiro atoms. The molecule has 10 nitrogen and oxygen atoms in total. The number of hydrogen-bond acceptors (Lipinski definition) is 10. The van der Waals surface area contributed by atoms with Crippen molar-refractivity contribution in [1.82, 2.24) is 0 Å². The van der Waals surface area contributed by atoms with Crippen LogP contribution in [0.3, 0.4) is 0 Å². The van der Waals surface area contributed by atoms with Gasteiger partial charge in [0.15, 0.2) is 23.0 Å². The fourth-order valence-corrected chi connectivity index (χ4v) is 25.0. The van der Waals surface area contributed by atoms with Crippen LogP contribution >= 0.6 is 92.7 Å². The largest absolute Gasteiger partial charge is 0.486 e. The van der Waals surface area contributed by atoms with Gasteiger partial charge in [-0.1, -0.05) is 0 Å². The Hall–Kier alpha value is -0.1000. The lowest BCUT2D eigenvalue weighted by atomic mass is 10.3. The molecule has 196 valence electrons. The SMILES string of the molecule is ClP1(Cl)=NP(Cl)(Nc2ccc3c(c2)OCCO3)=NP(Cl)(Cl)=NP(Cl)(Nc2ccc3c(c2)OCCO3)=N1. The van der Waals surface area contributed by atoms with E-state index in [0.717, 1.165) is 0 Å². The summed E-state index contributed by atoms with van der Waals surface area (Å²) in [6.45, 7) is -5.12. The first-order chi connectivity index (χ1) is 16.9. The van der Waals surface area contributed by atoms with Crippen molar-refractivity contribution in [3.63, 3.8) is 0 Å². The van der Waals surface area contributed by atoms with E-state index in [1.165, 1.54) is 0 Å². The molecule has 5 rings (SSSR count). The van der Waals surface area contributed by atoms with Crippen molar-refractivity contribution in [1.29, 1.82) is 0 Å². The average Bonchev–Trinajstić information content (AvgIpc) is 2.75. The summed E-state index contributed by atoms with van der Waals surface area (Å²) >= 11 is 39.7. The minimum absolute atomic E-state index is 0.415. The molecule has 0 saturated heterocycles. The Morgan fingerprint density at radius 3 is 1.28 bits per heavy atom. The topological polar surface area (TPSA) is 110 Å². The second-order valence-electron chi connectivity index (χ2n) is 7.26. The maximum Gasteiger partial charge on any atom is 0.261 e. The van der Waals surface area contributed by atoms with Gasteiger partial charge < -0.3 is 29.1 Å². The van der Waals surface area contributed by atoms with Crippen LogP contribution in [0.4, 0.5) is 11.4 Å². The molecule has 2 N–H and O–H groups in total. The molecule has 3 aliphatic rings. The third kappa shape index (κ3) is 6.72. The first-order valence-corrected chi connectivity index (χ1v) is 22.2. The summed E-state index contributed by atoms with van der Waals surface area (Å²) in [6, 6.07) is 10.2. The van der Waals surface area contributed by atoms with E-state index in [-0.39, 0.29) is 0 Å². The van der Waals surface area contributed by atoms with Gasteiger partial charge in [-0.15, -0.1) is 0 Å². The lowest BCUT2D eigenvalue weighted by molar-refractivity contribution is 0.171. The van der Waals surface area contributed by atoms with Crippen molar-refractivity contribution in [2.75, 3.05) is 36.6 Å². The van der Waals surface area contributed by atoms with Crippen LogP contribution in [0.1, 0.15) is 0 Å². The number of rotatable bonds is 4. The van der Waals surface area contributed by atoms with E-state index in [0.29, 0.717) is 60.8 Å². The molecule has 0 aromatic heterocycles. The Kier molecular flexibility index (Phi) is 7.99. The van der Waals surface area contributed by atoms with Gasteiger partial charge in [-0.3, -0.25) is 0 Å². The number of hydrogen-bond donors (Lipinski definition) is 2. The van der Waals surface area contributed by atoms with E-state index in [1.807, 2.05) is 0 Å². The number of halogens is 6. The van der Waals surface area contributed by atoms with Crippen LogP contribution < -0.4 is 29.1 Å². The predicted molar refractivity (Wildman–Crippen MR) is 155 cm³/mol. The summed E-state index contributed by atoms with van der Waals surface area (Å²) in [4.78, 5) is 0. The van der Waals surface area contributed by atoms with Gasteiger partial charge in [-0.2, -0.15) is 18.1 Å². The lowest BCUT2D eigenvalue weighted by Gasteiger charge is -2.25. The lowest BCUT2D eigenvalue weighted by Crippen LogP contribution is -2.15. The van der Waals surface area contributed by atoms with E-state index in [2.05, 4.69) is 28.2 Å². The molecule has 0 fully saturated rings. The molecule has 2 atom stereocenters. The Morgan fingerprint density at radius 1 is 0.528 bits per heavy atom. The molecule has 0 radical (unpaired) electrons. The van der Waals surface area contributed by atoms with E-state index in [9.17, 15) is 0 Å². The van der Waals surface area contributed by atoms with Gasteiger partial charge >= 0.3 is 0 Å². The Morgan fingerprint density at radius 2 is 0.889 bits per heavy atom. The fourth-order valence-electron chi connectivity index (χ4n) is 3.29. The van der Waals surface area contributed by atoms with Crippen LogP contribution in [-0.2, 0) is 0 Å². The maximum absolute atomic E-state index is 6.78. The Labute approximate surface area is 235 Å². The Bertz CT molecular complexity index is 1340. The minimum atomic E-state index is -3.52. The van der Waals surface area contributed by atoms with Gasteiger partial charge in [-0.05, 0) is 91.7 Å². The summed E-state index contributed by atoms with van der Waals surface area (Å²) in [7, 11) is 0. The van der Waals surface area contributed by atoms with Crippen LogP contribution in [0.5, 0.6) is 23.0 Å². The van der Waals surface area contributed by atoms with Crippen molar-refractivity contribution < 1.29 is 18.9 Å². The summed E-state index contributed by atoms with van der Waals surface area (Å²) in [5.41, 5.74) is 1.03. The number of fused-ring (bicyclic) bond motifs is 2. The summed E-state index contributed by atoms with van der Waals surface area (Å²) in [5, 5.41) is 6.04. The van der Waals surface area contributed by atoms with Crippen molar-refractivity contribution >= 4 is 104 Å². The van der Waals surface area contributed by atoms with Gasteiger partial charge in [0.25, 0.3) is 25.2 Å². The monoisotopic (exact) mass is 690 g/mol. The van der Waals surface area contributed by atoms with Crippen molar-refractivity contribution in [2.24, 2.45) is 18.1 Å².